The van der Waals surface area contributed by atoms with Crippen LogP contribution in [0.4, 0.5) is 0 Å². The Hall–Kier alpha value is -2.12. The number of likely N-dealkylation sites (tertiary alicyclic amines) is 2. The molecule has 8 heteroatoms. The largest absolute Gasteiger partial charge is 0.466 e. The van der Waals surface area contributed by atoms with Gasteiger partial charge in [0.2, 0.25) is 17.7 Å². The first kappa shape index (κ1) is 24.2. The second-order valence-corrected chi connectivity index (χ2v) is 8.79. The van der Waals surface area contributed by atoms with Crippen molar-refractivity contribution in [3.05, 3.63) is 0 Å². The maximum Gasteiger partial charge on any atom is 0.309 e. The van der Waals surface area contributed by atoms with E-state index < -0.39 is 6.04 Å². The maximum absolute atomic E-state index is 13.2. The summed E-state index contributed by atoms with van der Waals surface area (Å²) in [5, 5.41) is 0. The lowest BCUT2D eigenvalue weighted by Gasteiger charge is -2.37. The average Bonchev–Trinajstić information content (AvgIpc) is 2.72. The van der Waals surface area contributed by atoms with Crippen LogP contribution in [0.2, 0.25) is 0 Å². The molecule has 8 nitrogen and oxygen atoms in total. The molecule has 30 heavy (non-hydrogen) atoms. The van der Waals surface area contributed by atoms with Crippen LogP contribution in [0.5, 0.6) is 0 Å². The predicted octanol–water partition coefficient (Wildman–Crippen LogP) is 1.67. The summed E-state index contributed by atoms with van der Waals surface area (Å²) in [6.45, 7) is 7.79. The monoisotopic (exact) mass is 423 g/mol. The minimum Gasteiger partial charge on any atom is -0.466 e. The Kier molecular flexibility index (Phi) is 9.11. The molecule has 170 valence electrons. The normalized spacial score (nSPS) is 19.0. The summed E-state index contributed by atoms with van der Waals surface area (Å²) < 4.78 is 5.07. The molecule has 0 aromatic heterocycles. The number of likely N-dealkylation sites (N-methyl/N-ethyl adjacent to an activating group) is 1. The second-order valence-electron chi connectivity index (χ2n) is 8.79. The molecule has 0 N–H and O–H groups in total. The first-order valence-corrected chi connectivity index (χ1v) is 11.2. The van der Waals surface area contributed by atoms with E-state index >= 15 is 0 Å². The molecular formula is C22H37N3O5. The van der Waals surface area contributed by atoms with Crippen molar-refractivity contribution in [1.29, 1.82) is 0 Å². The highest BCUT2D eigenvalue weighted by molar-refractivity contribution is 5.90. The van der Waals surface area contributed by atoms with E-state index in [0.717, 1.165) is 12.8 Å². The van der Waals surface area contributed by atoms with Gasteiger partial charge in [-0.1, -0.05) is 13.8 Å². The quantitative estimate of drug-likeness (QED) is 0.554. The molecule has 2 heterocycles. The number of carbonyl (C=O) groups excluding carboxylic acids is 4. The van der Waals surface area contributed by atoms with Gasteiger partial charge in [0.25, 0.3) is 0 Å². The fourth-order valence-electron chi connectivity index (χ4n) is 4.22. The van der Waals surface area contributed by atoms with Gasteiger partial charge in [-0.2, -0.15) is 0 Å². The van der Waals surface area contributed by atoms with E-state index in [1.807, 2.05) is 13.8 Å². The number of hydrogen-bond donors (Lipinski definition) is 0. The molecule has 0 aromatic rings. The fourth-order valence-corrected chi connectivity index (χ4v) is 4.22. The van der Waals surface area contributed by atoms with Crippen molar-refractivity contribution in [3.63, 3.8) is 0 Å². The lowest BCUT2D eigenvalue weighted by atomic mass is 9.97. The van der Waals surface area contributed by atoms with Crippen molar-refractivity contribution in [1.82, 2.24) is 14.7 Å². The van der Waals surface area contributed by atoms with Gasteiger partial charge in [-0.3, -0.25) is 19.2 Å². The second kappa shape index (κ2) is 11.3. The summed E-state index contributed by atoms with van der Waals surface area (Å²) in [7, 11) is 1.63. The number of carbonyl (C=O) groups is 4. The summed E-state index contributed by atoms with van der Waals surface area (Å²) in [5.41, 5.74) is 0. The number of amides is 3. The third kappa shape index (κ3) is 6.44. The molecule has 3 amide bonds. The van der Waals surface area contributed by atoms with Crippen LogP contribution >= 0.6 is 0 Å². The SMILES string of the molecule is CCOC(=O)C1CCN(C(=O)CN(C)C(=O)[C@@H](CC(C)C)N2CCCCC2=O)CC1. The topological polar surface area (TPSA) is 87.2 Å². The summed E-state index contributed by atoms with van der Waals surface area (Å²) in [4.78, 5) is 55.0. The van der Waals surface area contributed by atoms with E-state index in [1.165, 1.54) is 4.90 Å². The lowest BCUT2D eigenvalue weighted by molar-refractivity contribution is -0.152. The zero-order valence-electron chi connectivity index (χ0n) is 18.9. The third-order valence-electron chi connectivity index (χ3n) is 5.93. The molecule has 2 aliphatic rings. The molecule has 0 aromatic carbocycles. The van der Waals surface area contributed by atoms with Gasteiger partial charge in [-0.05, 0) is 44.9 Å². The highest BCUT2D eigenvalue weighted by Gasteiger charge is 2.35. The lowest BCUT2D eigenvalue weighted by Crippen LogP contribution is -2.54. The third-order valence-corrected chi connectivity index (χ3v) is 5.93. The molecule has 0 aliphatic carbocycles. The van der Waals surface area contributed by atoms with Crippen LogP contribution < -0.4 is 0 Å². The fraction of sp³-hybridized carbons (Fsp3) is 0.818. The molecule has 2 aliphatic heterocycles. The van der Waals surface area contributed by atoms with E-state index in [4.69, 9.17) is 4.74 Å². The van der Waals surface area contributed by atoms with Gasteiger partial charge in [0, 0.05) is 33.1 Å². The molecule has 0 radical (unpaired) electrons. The van der Waals surface area contributed by atoms with E-state index in [0.29, 0.717) is 51.9 Å². The molecule has 0 bridgehead atoms. The number of nitrogens with zero attached hydrogens (tertiary/aromatic N) is 3. The summed E-state index contributed by atoms with van der Waals surface area (Å²) in [6.07, 6.45) is 4.02. The van der Waals surface area contributed by atoms with Crippen LogP contribution in [0.1, 0.15) is 59.3 Å². The molecule has 2 fully saturated rings. The first-order chi connectivity index (χ1) is 14.2. The van der Waals surface area contributed by atoms with Crippen molar-refractivity contribution in [2.24, 2.45) is 11.8 Å². The van der Waals surface area contributed by atoms with E-state index in [2.05, 4.69) is 0 Å². The number of rotatable bonds is 8. The van der Waals surface area contributed by atoms with E-state index in [-0.39, 0.29) is 42.1 Å². The smallest absolute Gasteiger partial charge is 0.309 e. The Morgan fingerprint density at radius 3 is 2.37 bits per heavy atom. The molecule has 2 saturated heterocycles. The van der Waals surface area contributed by atoms with Crippen molar-refractivity contribution >= 4 is 23.7 Å². The highest BCUT2D eigenvalue weighted by atomic mass is 16.5. The van der Waals surface area contributed by atoms with Crippen LogP contribution in [0, 0.1) is 11.8 Å². The van der Waals surface area contributed by atoms with Crippen LogP contribution in [0.25, 0.3) is 0 Å². The van der Waals surface area contributed by atoms with Gasteiger partial charge in [0.15, 0.2) is 0 Å². The standard InChI is InChI=1S/C22H37N3O5/c1-5-30-22(29)17-9-12-24(13-10-17)20(27)15-23(4)21(28)18(14-16(2)3)25-11-7-6-8-19(25)26/h16-18H,5-15H2,1-4H3/t18-/m1/s1. The van der Waals surface area contributed by atoms with Crippen LogP contribution in [0.3, 0.4) is 0 Å². The maximum atomic E-state index is 13.2. The molecule has 0 unspecified atom stereocenters. The van der Waals surface area contributed by atoms with Crippen molar-refractivity contribution in [2.45, 2.75) is 65.3 Å². The minimum absolute atomic E-state index is 0.0144. The first-order valence-electron chi connectivity index (χ1n) is 11.2. The number of piperidine rings is 2. The minimum atomic E-state index is -0.509. The van der Waals surface area contributed by atoms with Gasteiger partial charge in [0.05, 0.1) is 19.1 Å². The Morgan fingerprint density at radius 2 is 1.80 bits per heavy atom. The van der Waals surface area contributed by atoms with Gasteiger partial charge >= 0.3 is 5.97 Å². The zero-order valence-corrected chi connectivity index (χ0v) is 18.9. The molecular weight excluding hydrogens is 386 g/mol. The van der Waals surface area contributed by atoms with Crippen LogP contribution in [-0.2, 0) is 23.9 Å². The molecule has 1 atom stereocenters. The zero-order chi connectivity index (χ0) is 22.3. The number of ether oxygens (including phenoxy) is 1. The molecule has 2 rings (SSSR count). The van der Waals surface area contributed by atoms with Crippen molar-refractivity contribution in [3.8, 4) is 0 Å². The van der Waals surface area contributed by atoms with Gasteiger partial charge in [0.1, 0.15) is 6.04 Å². The average molecular weight is 424 g/mol. The Bertz CT molecular complexity index is 628. The summed E-state index contributed by atoms with van der Waals surface area (Å²) in [5.74, 6) is -0.357. The van der Waals surface area contributed by atoms with Gasteiger partial charge in [-0.25, -0.2) is 0 Å². The van der Waals surface area contributed by atoms with Crippen molar-refractivity contribution in [2.75, 3.05) is 39.8 Å². The number of esters is 1. The van der Waals surface area contributed by atoms with Crippen molar-refractivity contribution < 1.29 is 23.9 Å². The van der Waals surface area contributed by atoms with E-state index in [9.17, 15) is 19.2 Å². The summed E-state index contributed by atoms with van der Waals surface area (Å²) in [6, 6.07) is -0.509. The number of hydrogen-bond acceptors (Lipinski definition) is 5. The van der Waals surface area contributed by atoms with Gasteiger partial charge in [-0.15, -0.1) is 0 Å². The predicted molar refractivity (Wildman–Crippen MR) is 112 cm³/mol. The van der Waals surface area contributed by atoms with Crippen LogP contribution in [-0.4, -0.2) is 84.3 Å². The Morgan fingerprint density at radius 1 is 1.13 bits per heavy atom. The molecule has 0 spiro atoms. The Labute approximate surface area is 179 Å². The summed E-state index contributed by atoms with van der Waals surface area (Å²) >= 11 is 0. The highest BCUT2D eigenvalue weighted by Crippen LogP contribution is 2.21. The molecule has 0 saturated carbocycles. The van der Waals surface area contributed by atoms with Gasteiger partial charge < -0.3 is 19.4 Å². The van der Waals surface area contributed by atoms with Crippen LogP contribution in [0.15, 0.2) is 0 Å². The Balaban J connectivity index is 1.93. The van der Waals surface area contributed by atoms with E-state index in [1.54, 1.807) is 23.8 Å².